The maximum Gasteiger partial charge on any atom is 0.319 e. The standard InChI is InChI=1S/C27H28N4O5/c28-25(32)23-8-1-2-9-24(23)36-17-18-5-3-6-19(15-18)26(33)30-20-10-12-21(13-11-20)31-27(34)29-16-22-7-4-14-35-22/h1-3,5-6,8-13,15,22H,4,7,14,16-17H2,(H2,28,32)(H,30,33)(H2,29,31,34). The molecule has 1 fully saturated rings. The zero-order chi connectivity index (χ0) is 25.3. The number of para-hydroxylation sites is 1. The number of carbonyl (C=O) groups is 3. The summed E-state index contributed by atoms with van der Waals surface area (Å²) in [4.78, 5) is 36.4. The Kier molecular flexibility index (Phi) is 8.15. The Bertz CT molecular complexity index is 1220. The second kappa shape index (κ2) is 11.9. The third kappa shape index (κ3) is 6.83. The predicted octanol–water partition coefficient (Wildman–Crippen LogP) is 3.92. The molecule has 186 valence electrons. The zero-order valence-electron chi connectivity index (χ0n) is 19.7. The van der Waals surface area contributed by atoms with E-state index in [1.54, 1.807) is 66.7 Å². The van der Waals surface area contributed by atoms with Gasteiger partial charge in [0.15, 0.2) is 0 Å². The number of hydrogen-bond acceptors (Lipinski definition) is 5. The first kappa shape index (κ1) is 24.7. The van der Waals surface area contributed by atoms with Gasteiger partial charge in [0.2, 0.25) is 0 Å². The average Bonchev–Trinajstić information content (AvgIpc) is 3.41. The first-order chi connectivity index (χ1) is 17.5. The summed E-state index contributed by atoms with van der Waals surface area (Å²) in [6, 6.07) is 20.3. The van der Waals surface area contributed by atoms with Crippen LogP contribution in [0.4, 0.5) is 16.2 Å². The largest absolute Gasteiger partial charge is 0.488 e. The Morgan fingerprint density at radius 3 is 2.42 bits per heavy atom. The number of carbonyl (C=O) groups excluding carboxylic acids is 3. The summed E-state index contributed by atoms with van der Waals surface area (Å²) < 4.78 is 11.2. The maximum absolute atomic E-state index is 12.8. The number of hydrogen-bond donors (Lipinski definition) is 4. The van der Waals surface area contributed by atoms with Gasteiger partial charge in [-0.1, -0.05) is 24.3 Å². The fourth-order valence-electron chi connectivity index (χ4n) is 3.79. The van der Waals surface area contributed by atoms with Crippen molar-refractivity contribution in [2.75, 3.05) is 23.8 Å². The molecule has 4 amide bonds. The molecule has 1 heterocycles. The van der Waals surface area contributed by atoms with Crippen LogP contribution in [0.3, 0.4) is 0 Å². The number of anilines is 2. The van der Waals surface area contributed by atoms with Gasteiger partial charge in [0.05, 0.1) is 11.7 Å². The Labute approximate surface area is 209 Å². The minimum absolute atomic E-state index is 0.0735. The van der Waals surface area contributed by atoms with E-state index in [1.807, 2.05) is 6.07 Å². The van der Waals surface area contributed by atoms with Crippen molar-refractivity contribution in [1.29, 1.82) is 0 Å². The van der Waals surface area contributed by atoms with E-state index in [1.165, 1.54) is 0 Å². The van der Waals surface area contributed by atoms with Gasteiger partial charge >= 0.3 is 6.03 Å². The highest BCUT2D eigenvalue weighted by atomic mass is 16.5. The minimum Gasteiger partial charge on any atom is -0.488 e. The molecule has 0 aliphatic carbocycles. The Morgan fingerprint density at radius 1 is 0.944 bits per heavy atom. The molecule has 0 spiro atoms. The lowest BCUT2D eigenvalue weighted by molar-refractivity contribution is 0.0994. The van der Waals surface area contributed by atoms with Crippen LogP contribution in [0.5, 0.6) is 5.75 Å². The first-order valence-electron chi connectivity index (χ1n) is 11.7. The summed E-state index contributed by atoms with van der Waals surface area (Å²) in [6.07, 6.45) is 2.04. The summed E-state index contributed by atoms with van der Waals surface area (Å²) in [6.45, 7) is 1.38. The zero-order valence-corrected chi connectivity index (χ0v) is 19.7. The molecule has 1 saturated heterocycles. The molecule has 3 aromatic carbocycles. The average molecular weight is 489 g/mol. The van der Waals surface area contributed by atoms with E-state index in [0.29, 0.717) is 34.8 Å². The van der Waals surface area contributed by atoms with Gasteiger partial charge in [-0.2, -0.15) is 0 Å². The molecule has 5 N–H and O–H groups in total. The van der Waals surface area contributed by atoms with Crippen molar-refractivity contribution >= 4 is 29.2 Å². The summed E-state index contributed by atoms with van der Waals surface area (Å²) >= 11 is 0. The van der Waals surface area contributed by atoms with Gasteiger partial charge in [0.25, 0.3) is 11.8 Å². The highest BCUT2D eigenvalue weighted by Crippen LogP contribution is 2.20. The van der Waals surface area contributed by atoms with Crippen LogP contribution in [0.25, 0.3) is 0 Å². The predicted molar refractivity (Wildman–Crippen MR) is 136 cm³/mol. The van der Waals surface area contributed by atoms with Gasteiger partial charge in [-0.25, -0.2) is 4.79 Å². The Balaban J connectivity index is 1.29. The van der Waals surface area contributed by atoms with Gasteiger partial charge in [-0.05, 0) is 66.9 Å². The Hall–Kier alpha value is -4.37. The van der Waals surface area contributed by atoms with Crippen LogP contribution in [0.2, 0.25) is 0 Å². The number of urea groups is 1. The molecule has 36 heavy (non-hydrogen) atoms. The quantitative estimate of drug-likeness (QED) is 0.363. The van der Waals surface area contributed by atoms with Crippen molar-refractivity contribution < 1.29 is 23.9 Å². The summed E-state index contributed by atoms with van der Waals surface area (Å²) in [7, 11) is 0. The van der Waals surface area contributed by atoms with Gasteiger partial charge in [0, 0.05) is 30.1 Å². The van der Waals surface area contributed by atoms with Crippen LogP contribution >= 0.6 is 0 Å². The van der Waals surface area contributed by atoms with Crippen molar-refractivity contribution in [3.8, 4) is 5.75 Å². The van der Waals surface area contributed by atoms with E-state index >= 15 is 0 Å². The topological polar surface area (TPSA) is 132 Å². The van der Waals surface area contributed by atoms with Crippen LogP contribution in [-0.2, 0) is 11.3 Å². The molecule has 1 aliphatic rings. The van der Waals surface area contributed by atoms with Crippen molar-refractivity contribution in [2.45, 2.75) is 25.6 Å². The fraction of sp³-hybridized carbons (Fsp3) is 0.222. The fourth-order valence-corrected chi connectivity index (χ4v) is 3.79. The van der Waals surface area contributed by atoms with E-state index < -0.39 is 5.91 Å². The monoisotopic (exact) mass is 488 g/mol. The van der Waals surface area contributed by atoms with Gasteiger partial charge in [-0.3, -0.25) is 9.59 Å². The molecule has 9 heteroatoms. The highest BCUT2D eigenvalue weighted by Gasteiger charge is 2.16. The number of rotatable bonds is 9. The second-order valence-electron chi connectivity index (χ2n) is 8.35. The summed E-state index contributed by atoms with van der Waals surface area (Å²) in [5.41, 5.74) is 8.09. The number of nitrogens with two attached hydrogens (primary N) is 1. The number of amides is 4. The highest BCUT2D eigenvalue weighted by molar-refractivity contribution is 6.04. The van der Waals surface area contributed by atoms with Gasteiger partial charge in [0.1, 0.15) is 12.4 Å². The van der Waals surface area contributed by atoms with Crippen LogP contribution in [0.15, 0.2) is 72.8 Å². The minimum atomic E-state index is -0.570. The lowest BCUT2D eigenvalue weighted by Gasteiger charge is -2.12. The van der Waals surface area contributed by atoms with Crippen LogP contribution in [0.1, 0.15) is 39.1 Å². The molecule has 0 saturated carbocycles. The number of benzene rings is 3. The molecular formula is C27H28N4O5. The molecule has 4 rings (SSSR count). The normalized spacial score (nSPS) is 14.6. The van der Waals surface area contributed by atoms with Crippen LogP contribution in [0, 0.1) is 0 Å². The molecule has 0 radical (unpaired) electrons. The molecule has 3 aromatic rings. The lowest BCUT2D eigenvalue weighted by atomic mass is 10.1. The van der Waals surface area contributed by atoms with E-state index in [9.17, 15) is 14.4 Å². The number of nitrogens with one attached hydrogen (secondary N) is 3. The van der Waals surface area contributed by atoms with E-state index in [0.717, 1.165) is 25.0 Å². The van der Waals surface area contributed by atoms with Crippen molar-refractivity contribution in [1.82, 2.24) is 5.32 Å². The van der Waals surface area contributed by atoms with E-state index in [-0.39, 0.29) is 24.6 Å². The molecule has 1 aliphatic heterocycles. The third-order valence-electron chi connectivity index (χ3n) is 5.65. The molecule has 1 atom stereocenters. The molecule has 9 nitrogen and oxygen atoms in total. The van der Waals surface area contributed by atoms with Crippen molar-refractivity contribution in [3.63, 3.8) is 0 Å². The SMILES string of the molecule is NC(=O)c1ccccc1OCc1cccc(C(=O)Nc2ccc(NC(=O)NCC3CCCO3)cc2)c1. The molecule has 1 unspecified atom stereocenters. The molecule has 0 bridgehead atoms. The maximum atomic E-state index is 12.8. The third-order valence-corrected chi connectivity index (χ3v) is 5.65. The van der Waals surface area contributed by atoms with Crippen molar-refractivity contribution in [3.05, 3.63) is 89.5 Å². The van der Waals surface area contributed by atoms with Gasteiger partial charge < -0.3 is 31.2 Å². The molecular weight excluding hydrogens is 460 g/mol. The summed E-state index contributed by atoms with van der Waals surface area (Å²) in [5, 5.41) is 8.40. The van der Waals surface area contributed by atoms with Crippen LogP contribution < -0.4 is 26.4 Å². The Morgan fingerprint density at radius 2 is 1.69 bits per heavy atom. The van der Waals surface area contributed by atoms with Gasteiger partial charge in [-0.15, -0.1) is 0 Å². The second-order valence-corrected chi connectivity index (χ2v) is 8.35. The van der Waals surface area contributed by atoms with E-state index in [2.05, 4.69) is 16.0 Å². The lowest BCUT2D eigenvalue weighted by Crippen LogP contribution is -2.35. The first-order valence-corrected chi connectivity index (χ1v) is 11.7. The smallest absolute Gasteiger partial charge is 0.319 e. The van der Waals surface area contributed by atoms with Crippen molar-refractivity contribution in [2.24, 2.45) is 5.73 Å². The number of ether oxygens (including phenoxy) is 2. The van der Waals surface area contributed by atoms with E-state index in [4.69, 9.17) is 15.2 Å². The summed E-state index contributed by atoms with van der Waals surface area (Å²) in [5.74, 6) is -0.474. The van der Waals surface area contributed by atoms with Crippen LogP contribution in [-0.4, -0.2) is 37.1 Å². The molecule has 0 aromatic heterocycles. The number of primary amides is 1.